The number of methoxy groups -OCH3 is 1. The van der Waals surface area contributed by atoms with Gasteiger partial charge in [0.25, 0.3) is 5.91 Å². The lowest BCUT2D eigenvalue weighted by Crippen LogP contribution is -2.21. The van der Waals surface area contributed by atoms with Gasteiger partial charge in [-0.3, -0.25) is 4.79 Å². The van der Waals surface area contributed by atoms with Crippen molar-refractivity contribution >= 4 is 17.6 Å². The highest BCUT2D eigenvalue weighted by Crippen LogP contribution is 2.18. The lowest BCUT2D eigenvalue weighted by molar-refractivity contribution is -0.119. The van der Waals surface area contributed by atoms with Crippen LogP contribution in [0, 0.1) is 0 Å². The summed E-state index contributed by atoms with van der Waals surface area (Å²) >= 11 is 0. The molecule has 7 heteroatoms. The van der Waals surface area contributed by atoms with Crippen LogP contribution < -0.4 is 14.8 Å². The Morgan fingerprint density at radius 3 is 2.68 bits per heavy atom. The predicted molar refractivity (Wildman–Crippen MR) is 103 cm³/mol. The van der Waals surface area contributed by atoms with Crippen molar-refractivity contribution in [1.82, 2.24) is 0 Å². The fourth-order valence-electron chi connectivity index (χ4n) is 2.76. The number of hydrogen-bond donors (Lipinski definition) is 1. The van der Waals surface area contributed by atoms with Crippen LogP contribution in [0.25, 0.3) is 0 Å². The van der Waals surface area contributed by atoms with E-state index in [0.29, 0.717) is 29.4 Å². The summed E-state index contributed by atoms with van der Waals surface area (Å²) in [6.45, 7) is 0.895. The highest BCUT2D eigenvalue weighted by Gasteiger charge is 2.16. The number of anilines is 1. The Morgan fingerprint density at radius 2 is 1.96 bits per heavy atom. The van der Waals surface area contributed by atoms with E-state index in [4.69, 9.17) is 18.9 Å². The van der Waals surface area contributed by atoms with Crippen molar-refractivity contribution in [3.8, 4) is 11.5 Å². The highest BCUT2D eigenvalue weighted by atomic mass is 16.5. The summed E-state index contributed by atoms with van der Waals surface area (Å²) in [5.74, 6) is 0.268. The minimum Gasteiger partial charge on any atom is -0.497 e. The maximum absolute atomic E-state index is 12.1. The molecule has 1 aliphatic rings. The van der Waals surface area contributed by atoms with E-state index in [1.807, 2.05) is 0 Å². The highest BCUT2D eigenvalue weighted by molar-refractivity contribution is 5.95. The molecule has 0 unspecified atom stereocenters. The first kappa shape index (κ1) is 19.7. The molecule has 2 aromatic rings. The van der Waals surface area contributed by atoms with Crippen molar-refractivity contribution in [3.63, 3.8) is 0 Å². The van der Waals surface area contributed by atoms with Crippen LogP contribution in [-0.2, 0) is 14.3 Å². The van der Waals surface area contributed by atoms with E-state index < -0.39 is 11.9 Å². The van der Waals surface area contributed by atoms with E-state index in [1.54, 1.807) is 55.6 Å². The Labute approximate surface area is 163 Å². The van der Waals surface area contributed by atoms with E-state index in [1.165, 1.54) is 0 Å². The van der Waals surface area contributed by atoms with Crippen molar-refractivity contribution in [2.75, 3.05) is 32.2 Å². The molecule has 0 saturated carbocycles. The molecule has 1 atom stereocenters. The van der Waals surface area contributed by atoms with E-state index in [0.717, 1.165) is 19.4 Å². The monoisotopic (exact) mass is 385 g/mol. The maximum Gasteiger partial charge on any atom is 0.338 e. The molecule has 7 nitrogen and oxygen atoms in total. The molecule has 1 N–H and O–H groups in total. The topological polar surface area (TPSA) is 83.1 Å². The molecular formula is C21H23NO6. The molecule has 1 fully saturated rings. The smallest absolute Gasteiger partial charge is 0.338 e. The third-order valence-electron chi connectivity index (χ3n) is 4.24. The van der Waals surface area contributed by atoms with Crippen LogP contribution in [0.1, 0.15) is 23.2 Å². The molecule has 1 saturated heterocycles. The third-order valence-corrected chi connectivity index (χ3v) is 4.24. The molecule has 148 valence electrons. The van der Waals surface area contributed by atoms with Crippen LogP contribution in [0.2, 0.25) is 0 Å². The van der Waals surface area contributed by atoms with E-state index in [-0.39, 0.29) is 12.7 Å². The number of benzene rings is 2. The fraction of sp³-hybridized carbons (Fsp3) is 0.333. The van der Waals surface area contributed by atoms with Crippen molar-refractivity contribution in [2.24, 2.45) is 0 Å². The predicted octanol–water partition coefficient (Wildman–Crippen LogP) is 3.05. The summed E-state index contributed by atoms with van der Waals surface area (Å²) < 4.78 is 21.3. The van der Waals surface area contributed by atoms with Gasteiger partial charge in [0.2, 0.25) is 0 Å². The number of rotatable bonds is 8. The number of carbonyl (C=O) groups is 2. The van der Waals surface area contributed by atoms with Crippen LogP contribution in [-0.4, -0.2) is 44.9 Å². The van der Waals surface area contributed by atoms with Crippen LogP contribution >= 0.6 is 0 Å². The zero-order valence-electron chi connectivity index (χ0n) is 15.7. The molecule has 0 aliphatic carbocycles. The SMILES string of the molecule is COc1cccc(NC(=O)COC(=O)c2ccc(OC[C@@H]3CCCO3)cc2)c1. The lowest BCUT2D eigenvalue weighted by atomic mass is 10.2. The second-order valence-corrected chi connectivity index (χ2v) is 6.33. The third kappa shape index (κ3) is 5.72. The average molecular weight is 385 g/mol. The van der Waals surface area contributed by atoms with Gasteiger partial charge >= 0.3 is 5.97 Å². The van der Waals surface area contributed by atoms with Crippen molar-refractivity contribution in [2.45, 2.75) is 18.9 Å². The molecule has 0 radical (unpaired) electrons. The number of ether oxygens (including phenoxy) is 4. The van der Waals surface area contributed by atoms with Gasteiger partial charge in [-0.2, -0.15) is 0 Å². The van der Waals surface area contributed by atoms with Crippen LogP contribution in [0.15, 0.2) is 48.5 Å². The summed E-state index contributed by atoms with van der Waals surface area (Å²) in [5.41, 5.74) is 0.909. The first-order valence-electron chi connectivity index (χ1n) is 9.09. The fourth-order valence-corrected chi connectivity index (χ4v) is 2.76. The summed E-state index contributed by atoms with van der Waals surface area (Å²) in [7, 11) is 1.54. The van der Waals surface area contributed by atoms with Crippen LogP contribution in [0.4, 0.5) is 5.69 Å². The van der Waals surface area contributed by atoms with Crippen molar-refractivity contribution in [1.29, 1.82) is 0 Å². The standard InChI is InChI=1S/C21H23NO6/c1-25-18-5-2-4-16(12-18)22-20(23)14-28-21(24)15-7-9-17(10-8-15)27-13-19-6-3-11-26-19/h2,4-5,7-10,12,19H,3,6,11,13-14H2,1H3,(H,22,23)/t19-/m0/s1. The van der Waals surface area contributed by atoms with Gasteiger partial charge in [0.1, 0.15) is 18.1 Å². The van der Waals surface area contributed by atoms with Crippen molar-refractivity contribution in [3.05, 3.63) is 54.1 Å². The molecule has 0 bridgehead atoms. The normalized spacial score (nSPS) is 15.7. The van der Waals surface area contributed by atoms with Crippen LogP contribution in [0.3, 0.4) is 0 Å². The van der Waals surface area contributed by atoms with Crippen LogP contribution in [0.5, 0.6) is 11.5 Å². The second kappa shape index (κ2) is 9.75. The van der Waals surface area contributed by atoms with E-state index in [9.17, 15) is 9.59 Å². The lowest BCUT2D eigenvalue weighted by Gasteiger charge is -2.11. The minimum absolute atomic E-state index is 0.132. The molecule has 28 heavy (non-hydrogen) atoms. The number of nitrogens with one attached hydrogen (secondary N) is 1. The summed E-state index contributed by atoms with van der Waals surface area (Å²) in [4.78, 5) is 24.0. The Balaban J connectivity index is 1.44. The van der Waals surface area contributed by atoms with Crippen molar-refractivity contribution < 1.29 is 28.5 Å². The average Bonchev–Trinajstić information content (AvgIpc) is 3.24. The Kier molecular flexibility index (Phi) is 6.86. The molecule has 1 aliphatic heterocycles. The zero-order valence-corrected chi connectivity index (χ0v) is 15.7. The van der Waals surface area contributed by atoms with Gasteiger partial charge in [-0.25, -0.2) is 4.79 Å². The molecule has 0 spiro atoms. The van der Waals surface area contributed by atoms with E-state index in [2.05, 4.69) is 5.32 Å². The number of carbonyl (C=O) groups excluding carboxylic acids is 2. The number of amides is 1. The van der Waals surface area contributed by atoms with Gasteiger partial charge in [-0.15, -0.1) is 0 Å². The zero-order chi connectivity index (χ0) is 19.8. The summed E-state index contributed by atoms with van der Waals surface area (Å²) in [6, 6.07) is 13.5. The summed E-state index contributed by atoms with van der Waals surface area (Å²) in [5, 5.41) is 2.65. The van der Waals surface area contributed by atoms with Gasteiger partial charge in [0.15, 0.2) is 6.61 Å². The van der Waals surface area contributed by atoms with Gasteiger partial charge in [-0.05, 0) is 49.2 Å². The molecule has 2 aromatic carbocycles. The molecule has 0 aromatic heterocycles. The largest absolute Gasteiger partial charge is 0.497 e. The maximum atomic E-state index is 12.1. The van der Waals surface area contributed by atoms with Gasteiger partial charge in [-0.1, -0.05) is 6.07 Å². The molecule has 1 heterocycles. The minimum atomic E-state index is -0.577. The molecular weight excluding hydrogens is 362 g/mol. The van der Waals surface area contributed by atoms with Gasteiger partial charge < -0.3 is 24.3 Å². The molecule has 1 amide bonds. The first-order valence-corrected chi connectivity index (χ1v) is 9.09. The molecule has 3 rings (SSSR count). The Hall–Kier alpha value is -3.06. The first-order chi connectivity index (χ1) is 13.6. The second-order valence-electron chi connectivity index (χ2n) is 6.33. The quantitative estimate of drug-likeness (QED) is 0.704. The number of hydrogen-bond acceptors (Lipinski definition) is 6. The van der Waals surface area contributed by atoms with Gasteiger partial charge in [0, 0.05) is 18.4 Å². The Bertz CT molecular complexity index is 799. The Morgan fingerprint density at radius 1 is 1.14 bits per heavy atom. The summed E-state index contributed by atoms with van der Waals surface area (Å²) in [6.07, 6.45) is 2.19. The van der Waals surface area contributed by atoms with E-state index >= 15 is 0 Å². The van der Waals surface area contributed by atoms with Gasteiger partial charge in [0.05, 0.1) is 18.8 Å². The number of esters is 1.